The summed E-state index contributed by atoms with van der Waals surface area (Å²) in [6, 6.07) is 2.81. The van der Waals surface area contributed by atoms with Crippen molar-refractivity contribution in [2.45, 2.75) is 6.42 Å². The first-order valence-electron chi connectivity index (χ1n) is 6.22. The van der Waals surface area contributed by atoms with E-state index in [1.807, 2.05) is 0 Å². The molecule has 0 bridgehead atoms. The van der Waals surface area contributed by atoms with Crippen molar-refractivity contribution in [3.05, 3.63) is 29.6 Å². The molecule has 1 aliphatic heterocycles. The zero-order chi connectivity index (χ0) is 13.8. The van der Waals surface area contributed by atoms with Gasteiger partial charge in [0.05, 0.1) is 5.56 Å². The van der Waals surface area contributed by atoms with E-state index in [1.54, 1.807) is 0 Å². The molecule has 0 saturated carbocycles. The zero-order valence-electron chi connectivity index (χ0n) is 10.8. The summed E-state index contributed by atoms with van der Waals surface area (Å²) in [7, 11) is 2.07. The van der Waals surface area contributed by atoms with Crippen molar-refractivity contribution in [3.63, 3.8) is 0 Å². The number of carboxylic acid groups (broad SMARTS) is 1. The minimum atomic E-state index is -1.10. The van der Waals surface area contributed by atoms with E-state index in [4.69, 9.17) is 5.11 Å². The summed E-state index contributed by atoms with van der Waals surface area (Å²) < 4.78 is 0. The summed E-state index contributed by atoms with van der Waals surface area (Å²) in [5.74, 6) is -0.819. The van der Waals surface area contributed by atoms with Crippen molar-refractivity contribution in [2.24, 2.45) is 5.92 Å². The lowest BCUT2D eigenvalue weighted by atomic mass is 10.1. The fourth-order valence-electron chi connectivity index (χ4n) is 2.19. The summed E-state index contributed by atoms with van der Waals surface area (Å²) in [5, 5.41) is 11.6. The van der Waals surface area contributed by atoms with Gasteiger partial charge in [0.15, 0.2) is 0 Å². The van der Waals surface area contributed by atoms with Gasteiger partial charge in [-0.15, -0.1) is 0 Å². The van der Waals surface area contributed by atoms with Gasteiger partial charge >= 0.3 is 5.97 Å². The molecule has 2 heterocycles. The first-order valence-corrected chi connectivity index (χ1v) is 6.22. The number of amides is 1. The first-order chi connectivity index (χ1) is 9.06. The number of hydrogen-bond donors (Lipinski definition) is 2. The standard InChI is InChI=1S/C13H17N3O3/c1-16-5-4-9(8-16)6-15-12(17)10-2-3-11(13(18)19)14-7-10/h2-3,7,9H,4-6,8H2,1H3,(H,15,17)(H,18,19). The van der Waals surface area contributed by atoms with E-state index in [1.165, 1.54) is 18.3 Å². The second kappa shape index (κ2) is 5.79. The SMILES string of the molecule is CN1CCC(CNC(=O)c2ccc(C(=O)O)nc2)C1. The normalized spacial score (nSPS) is 19.3. The monoisotopic (exact) mass is 263 g/mol. The van der Waals surface area contributed by atoms with Crippen LogP contribution in [0, 0.1) is 5.92 Å². The predicted octanol–water partition coefficient (Wildman–Crippen LogP) is 0.461. The highest BCUT2D eigenvalue weighted by atomic mass is 16.4. The van der Waals surface area contributed by atoms with Crippen LogP contribution >= 0.6 is 0 Å². The maximum Gasteiger partial charge on any atom is 0.354 e. The Morgan fingerprint density at radius 2 is 2.32 bits per heavy atom. The second-order valence-corrected chi connectivity index (χ2v) is 4.86. The van der Waals surface area contributed by atoms with Crippen LogP contribution in [0.2, 0.25) is 0 Å². The first kappa shape index (κ1) is 13.5. The van der Waals surface area contributed by atoms with E-state index in [-0.39, 0.29) is 11.6 Å². The maximum absolute atomic E-state index is 11.9. The fourth-order valence-corrected chi connectivity index (χ4v) is 2.19. The van der Waals surface area contributed by atoms with Crippen LogP contribution < -0.4 is 5.32 Å². The van der Waals surface area contributed by atoms with E-state index in [0.717, 1.165) is 19.5 Å². The van der Waals surface area contributed by atoms with E-state index < -0.39 is 5.97 Å². The molecule has 1 saturated heterocycles. The van der Waals surface area contributed by atoms with Crippen molar-refractivity contribution < 1.29 is 14.7 Å². The third-order valence-electron chi connectivity index (χ3n) is 3.29. The van der Waals surface area contributed by atoms with E-state index in [0.29, 0.717) is 18.0 Å². The van der Waals surface area contributed by atoms with Crippen molar-refractivity contribution in [1.29, 1.82) is 0 Å². The van der Waals surface area contributed by atoms with Crippen LogP contribution in [0.3, 0.4) is 0 Å². The Balaban J connectivity index is 1.87. The molecule has 6 heteroatoms. The number of nitrogens with zero attached hydrogens (tertiary/aromatic N) is 2. The van der Waals surface area contributed by atoms with Gasteiger partial charge in [-0.1, -0.05) is 0 Å². The molecule has 1 amide bonds. The number of hydrogen-bond acceptors (Lipinski definition) is 4. The third-order valence-corrected chi connectivity index (χ3v) is 3.29. The molecule has 1 aromatic heterocycles. The lowest BCUT2D eigenvalue weighted by Crippen LogP contribution is -2.30. The fraction of sp³-hybridized carbons (Fsp3) is 0.462. The van der Waals surface area contributed by atoms with Gasteiger partial charge < -0.3 is 15.3 Å². The summed E-state index contributed by atoms with van der Waals surface area (Å²) in [5.41, 5.74) is 0.324. The van der Waals surface area contributed by atoms with Gasteiger partial charge in [0, 0.05) is 19.3 Å². The molecule has 1 aromatic rings. The van der Waals surface area contributed by atoms with Gasteiger partial charge in [0.2, 0.25) is 0 Å². The summed E-state index contributed by atoms with van der Waals surface area (Å²) >= 11 is 0. The summed E-state index contributed by atoms with van der Waals surface area (Å²) in [6.07, 6.45) is 2.38. The highest BCUT2D eigenvalue weighted by Crippen LogP contribution is 2.13. The summed E-state index contributed by atoms with van der Waals surface area (Å²) in [6.45, 7) is 2.70. The van der Waals surface area contributed by atoms with Crippen molar-refractivity contribution in [3.8, 4) is 0 Å². The Kier molecular flexibility index (Phi) is 4.11. The molecule has 2 rings (SSSR count). The Hall–Kier alpha value is -1.95. The van der Waals surface area contributed by atoms with Gasteiger partial charge in [0.25, 0.3) is 5.91 Å². The average Bonchev–Trinajstić information content (AvgIpc) is 2.82. The highest BCUT2D eigenvalue weighted by molar-refractivity contribution is 5.94. The molecule has 6 nitrogen and oxygen atoms in total. The predicted molar refractivity (Wildman–Crippen MR) is 69.1 cm³/mol. The second-order valence-electron chi connectivity index (χ2n) is 4.86. The molecule has 0 aliphatic carbocycles. The van der Waals surface area contributed by atoms with Gasteiger partial charge in [-0.05, 0) is 38.1 Å². The molecule has 0 spiro atoms. The molecule has 2 N–H and O–H groups in total. The van der Waals surface area contributed by atoms with Crippen LogP contribution in [0.5, 0.6) is 0 Å². The minimum absolute atomic E-state index is 0.0611. The summed E-state index contributed by atoms with van der Waals surface area (Å²) in [4.78, 5) is 28.5. The molecular weight excluding hydrogens is 246 g/mol. The smallest absolute Gasteiger partial charge is 0.354 e. The topological polar surface area (TPSA) is 82.5 Å². The number of nitrogens with one attached hydrogen (secondary N) is 1. The molecule has 102 valence electrons. The Bertz CT molecular complexity index is 473. The van der Waals surface area contributed by atoms with Crippen LogP contribution in [0.1, 0.15) is 27.3 Å². The number of carbonyl (C=O) groups excluding carboxylic acids is 1. The Labute approximate surface area is 111 Å². The van der Waals surface area contributed by atoms with Crippen molar-refractivity contribution in [1.82, 2.24) is 15.2 Å². The Morgan fingerprint density at radius 3 is 2.84 bits per heavy atom. The largest absolute Gasteiger partial charge is 0.477 e. The van der Waals surface area contributed by atoms with Gasteiger partial charge in [0.1, 0.15) is 5.69 Å². The third kappa shape index (κ3) is 3.51. The number of aromatic nitrogens is 1. The van der Waals surface area contributed by atoms with Crippen molar-refractivity contribution in [2.75, 3.05) is 26.7 Å². The molecule has 1 aliphatic rings. The quantitative estimate of drug-likeness (QED) is 0.824. The maximum atomic E-state index is 11.9. The van der Waals surface area contributed by atoms with Crippen LogP contribution in [-0.2, 0) is 0 Å². The molecule has 1 atom stereocenters. The van der Waals surface area contributed by atoms with Crippen LogP contribution in [0.25, 0.3) is 0 Å². The van der Waals surface area contributed by atoms with Crippen LogP contribution in [0.15, 0.2) is 18.3 Å². The zero-order valence-corrected chi connectivity index (χ0v) is 10.8. The Morgan fingerprint density at radius 1 is 1.53 bits per heavy atom. The minimum Gasteiger partial charge on any atom is -0.477 e. The molecule has 1 unspecified atom stereocenters. The molecule has 0 radical (unpaired) electrons. The van der Waals surface area contributed by atoms with Crippen LogP contribution in [-0.4, -0.2) is 53.5 Å². The molecule has 1 fully saturated rings. The van der Waals surface area contributed by atoms with Gasteiger partial charge in [-0.3, -0.25) is 4.79 Å². The van der Waals surface area contributed by atoms with Crippen molar-refractivity contribution >= 4 is 11.9 Å². The number of carboxylic acids is 1. The lowest BCUT2D eigenvalue weighted by molar-refractivity contribution is 0.0689. The van der Waals surface area contributed by atoms with Crippen LogP contribution in [0.4, 0.5) is 0 Å². The van der Waals surface area contributed by atoms with Gasteiger partial charge in [-0.25, -0.2) is 9.78 Å². The molecule has 0 aromatic carbocycles. The number of aromatic carboxylic acids is 1. The number of carbonyl (C=O) groups is 2. The molecule has 19 heavy (non-hydrogen) atoms. The van der Waals surface area contributed by atoms with Gasteiger partial charge in [-0.2, -0.15) is 0 Å². The highest BCUT2D eigenvalue weighted by Gasteiger charge is 2.20. The van der Waals surface area contributed by atoms with E-state index >= 15 is 0 Å². The molecular formula is C13H17N3O3. The van der Waals surface area contributed by atoms with E-state index in [2.05, 4.69) is 22.2 Å². The average molecular weight is 263 g/mol. The number of pyridine rings is 1. The lowest BCUT2D eigenvalue weighted by Gasteiger charge is -2.11. The number of rotatable bonds is 4. The van der Waals surface area contributed by atoms with E-state index in [9.17, 15) is 9.59 Å². The number of likely N-dealkylation sites (tertiary alicyclic amines) is 1.